The number of fused-ring (bicyclic) bond motifs is 1. The molecule has 0 unspecified atom stereocenters. The number of imidazole rings is 1. The molecule has 20 heavy (non-hydrogen) atoms. The highest BCUT2D eigenvalue weighted by molar-refractivity contribution is 5.86. The zero-order chi connectivity index (χ0) is 14.5. The summed E-state index contributed by atoms with van der Waals surface area (Å²) in [5.74, 6) is 0.448. The minimum atomic E-state index is -0.104. The van der Waals surface area contributed by atoms with Gasteiger partial charge < -0.3 is 10.2 Å². The monoisotopic (exact) mass is 274 g/mol. The first kappa shape index (κ1) is 14.0. The van der Waals surface area contributed by atoms with Crippen molar-refractivity contribution < 1.29 is 9.59 Å². The molecule has 6 heteroatoms. The van der Waals surface area contributed by atoms with E-state index in [1.54, 1.807) is 17.6 Å². The molecule has 0 saturated heterocycles. The number of anilines is 1. The fourth-order valence-corrected chi connectivity index (χ4v) is 2.13. The van der Waals surface area contributed by atoms with Crippen LogP contribution in [0.3, 0.4) is 0 Å². The Balaban J connectivity index is 2.46. The van der Waals surface area contributed by atoms with E-state index < -0.39 is 0 Å². The number of carbonyl (C=O) groups excluding carboxylic acids is 2. The molecule has 2 heterocycles. The van der Waals surface area contributed by atoms with Gasteiger partial charge in [0.25, 0.3) is 0 Å². The summed E-state index contributed by atoms with van der Waals surface area (Å²) >= 11 is 0. The molecule has 1 N–H and O–H groups in total. The van der Waals surface area contributed by atoms with Gasteiger partial charge in [0, 0.05) is 19.8 Å². The van der Waals surface area contributed by atoms with Crippen molar-refractivity contribution >= 4 is 23.7 Å². The third kappa shape index (κ3) is 2.64. The summed E-state index contributed by atoms with van der Waals surface area (Å²) in [4.78, 5) is 29.3. The van der Waals surface area contributed by atoms with Gasteiger partial charge in [-0.3, -0.25) is 14.0 Å². The number of hydrogen-bond donors (Lipinski definition) is 1. The van der Waals surface area contributed by atoms with Gasteiger partial charge in [-0.15, -0.1) is 0 Å². The van der Waals surface area contributed by atoms with Gasteiger partial charge >= 0.3 is 0 Å². The molecule has 0 aromatic carbocycles. The molecular weight excluding hydrogens is 256 g/mol. The lowest BCUT2D eigenvalue weighted by Gasteiger charge is -2.21. The molecule has 1 amide bonds. The lowest BCUT2D eigenvalue weighted by atomic mass is 10.3. The molecule has 2 rings (SSSR count). The van der Waals surface area contributed by atoms with Gasteiger partial charge in [-0.1, -0.05) is 13.0 Å². The minimum Gasteiger partial charge on any atom is -0.358 e. The van der Waals surface area contributed by atoms with Crippen LogP contribution < -0.4 is 10.2 Å². The highest BCUT2D eigenvalue weighted by Gasteiger charge is 2.19. The Kier molecular flexibility index (Phi) is 4.34. The fourth-order valence-electron chi connectivity index (χ4n) is 2.13. The van der Waals surface area contributed by atoms with Crippen molar-refractivity contribution in [2.24, 2.45) is 0 Å². The lowest BCUT2D eigenvalue weighted by Crippen LogP contribution is -2.36. The summed E-state index contributed by atoms with van der Waals surface area (Å²) in [5.41, 5.74) is 1.17. The van der Waals surface area contributed by atoms with Crippen LogP contribution in [0.15, 0.2) is 24.4 Å². The van der Waals surface area contributed by atoms with Crippen LogP contribution in [-0.2, 0) is 4.79 Å². The average Bonchev–Trinajstić information content (AvgIpc) is 2.85. The molecule has 0 radical (unpaired) electrons. The van der Waals surface area contributed by atoms with E-state index in [4.69, 9.17) is 0 Å². The second kappa shape index (κ2) is 6.18. The highest BCUT2D eigenvalue weighted by Crippen LogP contribution is 2.20. The molecule has 0 aliphatic heterocycles. The summed E-state index contributed by atoms with van der Waals surface area (Å²) in [5, 5.41) is 2.59. The van der Waals surface area contributed by atoms with Crippen LogP contribution in [0.5, 0.6) is 0 Å². The molecule has 0 atom stereocenters. The van der Waals surface area contributed by atoms with E-state index in [1.165, 1.54) is 0 Å². The van der Waals surface area contributed by atoms with Gasteiger partial charge in [0.05, 0.1) is 6.54 Å². The van der Waals surface area contributed by atoms with Crippen molar-refractivity contribution in [2.75, 3.05) is 25.0 Å². The van der Waals surface area contributed by atoms with Gasteiger partial charge in [-0.05, 0) is 18.6 Å². The number of likely N-dealkylation sites (N-methyl/N-ethyl adjacent to an activating group) is 1. The van der Waals surface area contributed by atoms with E-state index in [0.717, 1.165) is 12.7 Å². The minimum absolute atomic E-state index is 0.104. The van der Waals surface area contributed by atoms with E-state index in [1.807, 2.05) is 30.0 Å². The van der Waals surface area contributed by atoms with Crippen LogP contribution in [0.2, 0.25) is 0 Å². The van der Waals surface area contributed by atoms with E-state index in [2.05, 4.69) is 10.3 Å². The molecule has 0 spiro atoms. The van der Waals surface area contributed by atoms with Gasteiger partial charge in [0.1, 0.15) is 11.3 Å². The third-order valence-electron chi connectivity index (χ3n) is 3.07. The molecule has 0 saturated carbocycles. The zero-order valence-electron chi connectivity index (χ0n) is 11.7. The zero-order valence-corrected chi connectivity index (χ0v) is 11.7. The second-order valence-electron chi connectivity index (χ2n) is 4.46. The number of pyridine rings is 1. The normalized spacial score (nSPS) is 10.5. The topological polar surface area (TPSA) is 66.7 Å². The largest absolute Gasteiger partial charge is 0.358 e. The number of amides is 1. The molecule has 2 aromatic heterocycles. The van der Waals surface area contributed by atoms with E-state index in [9.17, 15) is 9.59 Å². The number of rotatable bonds is 6. The van der Waals surface area contributed by atoms with Crippen molar-refractivity contribution in [3.05, 3.63) is 30.1 Å². The standard InChI is InChI=1S/C14H18N4O2/c1-3-7-17(9-13(20)15-2)14-11(10-19)18-8-5-4-6-12(18)16-14/h4-6,8,10H,3,7,9H2,1-2H3,(H,15,20). The van der Waals surface area contributed by atoms with Crippen LogP contribution in [0.4, 0.5) is 5.82 Å². The molecular formula is C14H18N4O2. The number of carbonyl (C=O) groups is 2. The van der Waals surface area contributed by atoms with E-state index in [-0.39, 0.29) is 12.5 Å². The van der Waals surface area contributed by atoms with E-state index >= 15 is 0 Å². The molecule has 0 aliphatic rings. The Labute approximate surface area is 117 Å². The van der Waals surface area contributed by atoms with Crippen molar-refractivity contribution in [1.29, 1.82) is 0 Å². The predicted octanol–water partition coefficient (Wildman–Crippen LogP) is 1.11. The summed E-state index contributed by atoms with van der Waals surface area (Å²) in [6, 6.07) is 5.54. The Morgan fingerprint density at radius 1 is 1.50 bits per heavy atom. The van der Waals surface area contributed by atoms with E-state index in [0.29, 0.717) is 23.7 Å². The number of nitrogens with one attached hydrogen (secondary N) is 1. The Hall–Kier alpha value is -2.37. The number of hydrogen-bond acceptors (Lipinski definition) is 4. The maximum Gasteiger partial charge on any atom is 0.239 e. The molecule has 0 aliphatic carbocycles. The maximum absolute atomic E-state index is 11.6. The average molecular weight is 274 g/mol. The van der Waals surface area contributed by atoms with Crippen molar-refractivity contribution in [3.8, 4) is 0 Å². The fraction of sp³-hybridized carbons (Fsp3) is 0.357. The van der Waals surface area contributed by atoms with Gasteiger partial charge in [0.15, 0.2) is 12.1 Å². The summed E-state index contributed by atoms with van der Waals surface area (Å²) in [7, 11) is 1.59. The first-order valence-corrected chi connectivity index (χ1v) is 6.59. The number of aldehydes is 1. The van der Waals surface area contributed by atoms with Crippen LogP contribution in [0.25, 0.3) is 5.65 Å². The van der Waals surface area contributed by atoms with Crippen molar-refractivity contribution in [1.82, 2.24) is 14.7 Å². The maximum atomic E-state index is 11.6. The third-order valence-corrected chi connectivity index (χ3v) is 3.07. The Morgan fingerprint density at radius 3 is 2.95 bits per heavy atom. The second-order valence-corrected chi connectivity index (χ2v) is 4.46. The Bertz CT molecular complexity index is 621. The van der Waals surface area contributed by atoms with Crippen molar-refractivity contribution in [2.45, 2.75) is 13.3 Å². The quantitative estimate of drug-likeness (QED) is 0.801. The molecule has 0 fully saturated rings. The van der Waals surface area contributed by atoms with Crippen LogP contribution >= 0.6 is 0 Å². The van der Waals surface area contributed by atoms with Gasteiger partial charge in [-0.25, -0.2) is 4.98 Å². The predicted molar refractivity (Wildman–Crippen MR) is 77.2 cm³/mol. The summed E-state index contributed by atoms with van der Waals surface area (Å²) in [6.07, 6.45) is 3.44. The summed E-state index contributed by atoms with van der Waals surface area (Å²) < 4.78 is 1.73. The first-order chi connectivity index (χ1) is 9.71. The molecule has 0 bridgehead atoms. The Morgan fingerprint density at radius 2 is 2.30 bits per heavy atom. The molecule has 106 valence electrons. The smallest absolute Gasteiger partial charge is 0.239 e. The van der Waals surface area contributed by atoms with Gasteiger partial charge in [0.2, 0.25) is 5.91 Å². The SMILES string of the molecule is CCCN(CC(=O)NC)c1nc2ccccn2c1C=O. The number of nitrogens with zero attached hydrogens (tertiary/aromatic N) is 3. The molecule has 2 aromatic rings. The first-order valence-electron chi connectivity index (χ1n) is 6.59. The van der Waals surface area contributed by atoms with Crippen LogP contribution in [0, 0.1) is 0 Å². The molecule has 6 nitrogen and oxygen atoms in total. The summed E-state index contributed by atoms with van der Waals surface area (Å²) in [6.45, 7) is 2.88. The van der Waals surface area contributed by atoms with Gasteiger partial charge in [-0.2, -0.15) is 0 Å². The van der Waals surface area contributed by atoms with Crippen LogP contribution in [-0.4, -0.2) is 41.7 Å². The lowest BCUT2D eigenvalue weighted by molar-refractivity contribution is -0.119. The number of aromatic nitrogens is 2. The van der Waals surface area contributed by atoms with Crippen LogP contribution in [0.1, 0.15) is 23.8 Å². The highest BCUT2D eigenvalue weighted by atomic mass is 16.2. The van der Waals surface area contributed by atoms with Crippen molar-refractivity contribution in [3.63, 3.8) is 0 Å².